The SMILES string of the molecule is Cc1cc(C#CCN)cc(NC(=O)c2ccccc2F)c1. The molecule has 2 aromatic rings. The van der Waals surface area contributed by atoms with Gasteiger partial charge in [-0.3, -0.25) is 4.79 Å². The maximum Gasteiger partial charge on any atom is 0.258 e. The Balaban J connectivity index is 2.25. The second kappa shape index (κ2) is 6.69. The van der Waals surface area contributed by atoms with E-state index in [1.807, 2.05) is 13.0 Å². The van der Waals surface area contributed by atoms with Crippen LogP contribution in [-0.2, 0) is 0 Å². The fraction of sp³-hybridized carbons (Fsp3) is 0.118. The van der Waals surface area contributed by atoms with Gasteiger partial charge in [0.15, 0.2) is 0 Å². The normalized spacial score (nSPS) is 9.67. The molecule has 0 saturated heterocycles. The number of hydrogen-bond donors (Lipinski definition) is 2. The summed E-state index contributed by atoms with van der Waals surface area (Å²) >= 11 is 0. The summed E-state index contributed by atoms with van der Waals surface area (Å²) in [6.07, 6.45) is 0. The van der Waals surface area contributed by atoms with E-state index < -0.39 is 11.7 Å². The van der Waals surface area contributed by atoms with E-state index in [0.29, 0.717) is 5.69 Å². The molecule has 0 aliphatic heterocycles. The van der Waals surface area contributed by atoms with Gasteiger partial charge in [-0.2, -0.15) is 0 Å². The molecular formula is C17H15FN2O. The minimum atomic E-state index is -0.550. The monoisotopic (exact) mass is 282 g/mol. The predicted molar refractivity (Wildman–Crippen MR) is 81.5 cm³/mol. The number of hydrogen-bond acceptors (Lipinski definition) is 2. The van der Waals surface area contributed by atoms with Gasteiger partial charge in [0.1, 0.15) is 5.82 Å². The van der Waals surface area contributed by atoms with Crippen molar-refractivity contribution in [2.45, 2.75) is 6.92 Å². The zero-order valence-corrected chi connectivity index (χ0v) is 11.6. The standard InChI is InChI=1S/C17H15FN2O/c1-12-9-13(5-4-8-19)11-14(10-12)20-17(21)15-6-2-3-7-16(15)18/h2-3,6-7,9-11H,8,19H2,1H3,(H,20,21). The fourth-order valence-corrected chi connectivity index (χ4v) is 1.92. The fourth-order valence-electron chi connectivity index (χ4n) is 1.92. The molecule has 0 aliphatic rings. The third-order valence-corrected chi connectivity index (χ3v) is 2.79. The zero-order chi connectivity index (χ0) is 15.2. The van der Waals surface area contributed by atoms with Crippen molar-refractivity contribution in [3.63, 3.8) is 0 Å². The molecule has 0 aromatic heterocycles. The Morgan fingerprint density at radius 1 is 1.29 bits per heavy atom. The molecule has 2 rings (SSSR count). The lowest BCUT2D eigenvalue weighted by Gasteiger charge is -2.08. The summed E-state index contributed by atoms with van der Waals surface area (Å²) in [4.78, 5) is 12.1. The molecule has 1 amide bonds. The molecule has 2 aromatic carbocycles. The lowest BCUT2D eigenvalue weighted by atomic mass is 10.1. The topological polar surface area (TPSA) is 55.1 Å². The molecular weight excluding hydrogens is 267 g/mol. The highest BCUT2D eigenvalue weighted by Crippen LogP contribution is 2.16. The number of nitrogens with one attached hydrogen (secondary N) is 1. The quantitative estimate of drug-likeness (QED) is 0.832. The van der Waals surface area contributed by atoms with Crippen LogP contribution in [0.2, 0.25) is 0 Å². The van der Waals surface area contributed by atoms with E-state index in [2.05, 4.69) is 17.2 Å². The Kier molecular flexibility index (Phi) is 4.70. The molecule has 4 heteroatoms. The minimum absolute atomic E-state index is 0.00796. The highest BCUT2D eigenvalue weighted by molar-refractivity contribution is 6.04. The van der Waals surface area contributed by atoms with Crippen LogP contribution in [0.15, 0.2) is 42.5 Å². The Morgan fingerprint density at radius 2 is 2.05 bits per heavy atom. The van der Waals surface area contributed by atoms with Crippen LogP contribution in [0.25, 0.3) is 0 Å². The first kappa shape index (κ1) is 14.8. The van der Waals surface area contributed by atoms with Gasteiger partial charge in [0.25, 0.3) is 5.91 Å². The van der Waals surface area contributed by atoms with E-state index in [9.17, 15) is 9.18 Å². The molecule has 106 valence electrons. The molecule has 21 heavy (non-hydrogen) atoms. The smallest absolute Gasteiger partial charge is 0.258 e. The van der Waals surface area contributed by atoms with Gasteiger partial charge in [-0.1, -0.05) is 24.0 Å². The Bertz CT molecular complexity index is 729. The van der Waals surface area contributed by atoms with Gasteiger partial charge in [0.2, 0.25) is 0 Å². The highest BCUT2D eigenvalue weighted by Gasteiger charge is 2.11. The van der Waals surface area contributed by atoms with Crippen LogP contribution in [0.1, 0.15) is 21.5 Å². The van der Waals surface area contributed by atoms with Crippen molar-refractivity contribution < 1.29 is 9.18 Å². The average Bonchev–Trinajstić information content (AvgIpc) is 2.45. The molecule has 3 nitrogen and oxygen atoms in total. The summed E-state index contributed by atoms with van der Waals surface area (Å²) in [7, 11) is 0. The number of aryl methyl sites for hydroxylation is 1. The molecule has 3 N–H and O–H groups in total. The van der Waals surface area contributed by atoms with Crippen molar-refractivity contribution >= 4 is 11.6 Å². The van der Waals surface area contributed by atoms with E-state index in [1.54, 1.807) is 24.3 Å². The van der Waals surface area contributed by atoms with Crippen LogP contribution in [0, 0.1) is 24.6 Å². The van der Waals surface area contributed by atoms with E-state index >= 15 is 0 Å². The van der Waals surface area contributed by atoms with E-state index in [1.165, 1.54) is 12.1 Å². The molecule has 0 radical (unpaired) electrons. The van der Waals surface area contributed by atoms with Crippen molar-refractivity contribution in [2.75, 3.05) is 11.9 Å². The maximum absolute atomic E-state index is 13.6. The van der Waals surface area contributed by atoms with Crippen molar-refractivity contribution in [1.29, 1.82) is 0 Å². The lowest BCUT2D eigenvalue weighted by Crippen LogP contribution is -2.13. The number of anilines is 1. The number of carbonyl (C=O) groups excluding carboxylic acids is 1. The molecule has 0 bridgehead atoms. The number of rotatable bonds is 2. The Morgan fingerprint density at radius 3 is 2.76 bits per heavy atom. The van der Waals surface area contributed by atoms with Gasteiger partial charge >= 0.3 is 0 Å². The van der Waals surface area contributed by atoms with Gasteiger partial charge in [-0.25, -0.2) is 4.39 Å². The summed E-state index contributed by atoms with van der Waals surface area (Å²) in [5, 5.41) is 2.68. The molecule has 0 saturated carbocycles. The molecule has 0 spiro atoms. The molecule has 0 atom stereocenters. The molecule has 0 aliphatic carbocycles. The average molecular weight is 282 g/mol. The Hall–Kier alpha value is -2.64. The molecule has 0 unspecified atom stereocenters. The van der Waals surface area contributed by atoms with Crippen LogP contribution >= 0.6 is 0 Å². The minimum Gasteiger partial charge on any atom is -0.322 e. The summed E-state index contributed by atoms with van der Waals surface area (Å²) in [6, 6.07) is 11.3. The zero-order valence-electron chi connectivity index (χ0n) is 11.6. The lowest BCUT2D eigenvalue weighted by molar-refractivity contribution is 0.102. The first-order chi connectivity index (χ1) is 10.1. The number of halogens is 1. The Labute approximate surface area is 123 Å². The predicted octanol–water partition coefficient (Wildman–Crippen LogP) is 2.70. The number of carbonyl (C=O) groups is 1. The molecule has 0 heterocycles. The van der Waals surface area contributed by atoms with Crippen LogP contribution in [0.3, 0.4) is 0 Å². The second-order valence-corrected chi connectivity index (χ2v) is 4.53. The first-order valence-electron chi connectivity index (χ1n) is 6.46. The van der Waals surface area contributed by atoms with E-state index in [0.717, 1.165) is 11.1 Å². The van der Waals surface area contributed by atoms with Gasteiger partial charge in [0, 0.05) is 11.3 Å². The van der Waals surface area contributed by atoms with E-state index in [-0.39, 0.29) is 12.1 Å². The second-order valence-electron chi connectivity index (χ2n) is 4.53. The van der Waals surface area contributed by atoms with Gasteiger partial charge in [-0.05, 0) is 42.8 Å². The third-order valence-electron chi connectivity index (χ3n) is 2.79. The maximum atomic E-state index is 13.6. The number of benzene rings is 2. The van der Waals surface area contributed by atoms with Gasteiger partial charge in [0.05, 0.1) is 12.1 Å². The van der Waals surface area contributed by atoms with Crippen molar-refractivity contribution in [2.24, 2.45) is 5.73 Å². The highest BCUT2D eigenvalue weighted by atomic mass is 19.1. The summed E-state index contributed by atoms with van der Waals surface area (Å²) in [6.45, 7) is 2.16. The van der Waals surface area contributed by atoms with Crippen molar-refractivity contribution in [1.82, 2.24) is 0 Å². The largest absolute Gasteiger partial charge is 0.322 e. The van der Waals surface area contributed by atoms with Crippen LogP contribution < -0.4 is 11.1 Å². The number of amides is 1. The summed E-state index contributed by atoms with van der Waals surface area (Å²) in [5.74, 6) is 4.63. The van der Waals surface area contributed by atoms with E-state index in [4.69, 9.17) is 5.73 Å². The van der Waals surface area contributed by atoms with Crippen LogP contribution in [0.4, 0.5) is 10.1 Å². The first-order valence-corrected chi connectivity index (χ1v) is 6.46. The summed E-state index contributed by atoms with van der Waals surface area (Å²) in [5.41, 5.74) is 7.62. The summed E-state index contributed by atoms with van der Waals surface area (Å²) < 4.78 is 13.6. The van der Waals surface area contributed by atoms with Crippen LogP contribution in [-0.4, -0.2) is 12.5 Å². The molecule has 0 fully saturated rings. The van der Waals surface area contributed by atoms with Crippen LogP contribution in [0.5, 0.6) is 0 Å². The van der Waals surface area contributed by atoms with Gasteiger partial charge in [-0.15, -0.1) is 0 Å². The van der Waals surface area contributed by atoms with Crippen molar-refractivity contribution in [3.8, 4) is 11.8 Å². The van der Waals surface area contributed by atoms with Crippen molar-refractivity contribution in [3.05, 3.63) is 65.0 Å². The third kappa shape index (κ3) is 3.91. The van der Waals surface area contributed by atoms with Gasteiger partial charge < -0.3 is 11.1 Å². The number of nitrogens with two attached hydrogens (primary N) is 1.